The van der Waals surface area contributed by atoms with Gasteiger partial charge in [0.15, 0.2) is 5.82 Å². The van der Waals surface area contributed by atoms with E-state index in [1.54, 1.807) is 0 Å². The number of aromatic nitrogens is 1. The Kier molecular flexibility index (Phi) is 8.48. The highest BCUT2D eigenvalue weighted by Gasteiger charge is 2.32. The van der Waals surface area contributed by atoms with Gasteiger partial charge in [0.1, 0.15) is 11.7 Å². The van der Waals surface area contributed by atoms with Crippen molar-refractivity contribution in [1.29, 1.82) is 0 Å². The Balaban J connectivity index is 3.24. The molecule has 0 saturated heterocycles. The van der Waals surface area contributed by atoms with Gasteiger partial charge in [0.05, 0.1) is 11.9 Å². The molecule has 25 heavy (non-hydrogen) atoms. The smallest absolute Gasteiger partial charge is 0.273 e. The maximum Gasteiger partial charge on any atom is 0.433 e. The Morgan fingerprint density at radius 3 is 2.56 bits per heavy atom. The lowest BCUT2D eigenvalue weighted by molar-refractivity contribution is -0.141. The number of allylic oxidation sites excluding steroid dienone is 1. The second-order valence-corrected chi connectivity index (χ2v) is 5.23. The number of rotatable bonds is 8. The summed E-state index contributed by atoms with van der Waals surface area (Å²) in [6.45, 7) is 7.41. The first kappa shape index (κ1) is 21.0. The number of aliphatic imine (C=N–C) groups is 3. The topological polar surface area (TPSA) is 50.0 Å². The monoisotopic (exact) mass is 372 g/mol. The average Bonchev–Trinajstić information content (AvgIpc) is 2.58. The molecule has 0 amide bonds. The molecule has 8 heteroatoms. The van der Waals surface area contributed by atoms with Gasteiger partial charge < -0.3 is 0 Å². The zero-order valence-corrected chi connectivity index (χ0v) is 14.9. The second-order valence-electron chi connectivity index (χ2n) is 4.99. The van der Waals surface area contributed by atoms with Crippen LogP contribution in [0.15, 0.2) is 44.6 Å². The Hall–Kier alpha value is -2.02. The van der Waals surface area contributed by atoms with E-state index in [-0.39, 0.29) is 11.7 Å². The highest BCUT2D eigenvalue weighted by Crippen LogP contribution is 2.27. The predicted molar refractivity (Wildman–Crippen MR) is 96.8 cm³/mol. The minimum absolute atomic E-state index is 0.0813. The largest absolute Gasteiger partial charge is 0.433 e. The van der Waals surface area contributed by atoms with Crippen molar-refractivity contribution in [3.05, 3.63) is 41.0 Å². The van der Waals surface area contributed by atoms with Crippen molar-refractivity contribution < 1.29 is 13.2 Å². The van der Waals surface area contributed by atoms with Gasteiger partial charge in [-0.05, 0) is 31.7 Å². The van der Waals surface area contributed by atoms with Crippen LogP contribution in [0.4, 0.5) is 13.2 Å². The van der Waals surface area contributed by atoms with E-state index in [1.807, 2.05) is 13.8 Å². The van der Waals surface area contributed by atoms with Crippen molar-refractivity contribution in [3.8, 4) is 0 Å². The standard InChI is InChI=1S/C17H20ClF3N4/c1-4-7-14(24-11-18)13(5-2)16(22-3)23-10-12-8-6-9-15(25-12)17(19,20)21/h6,8-10H,3-5,7,11H2,1-2H3/b16-13+,23-10+,24-14-. The molecule has 0 unspecified atom stereocenters. The van der Waals surface area contributed by atoms with Crippen molar-refractivity contribution in [3.63, 3.8) is 0 Å². The maximum absolute atomic E-state index is 12.7. The minimum atomic E-state index is -4.50. The molecule has 0 bridgehead atoms. The van der Waals surface area contributed by atoms with Crippen LogP contribution in [0.25, 0.3) is 0 Å². The molecule has 0 radical (unpaired) electrons. The molecule has 1 heterocycles. The van der Waals surface area contributed by atoms with E-state index in [0.717, 1.165) is 23.8 Å². The summed E-state index contributed by atoms with van der Waals surface area (Å²) >= 11 is 5.70. The van der Waals surface area contributed by atoms with Gasteiger partial charge in [-0.1, -0.05) is 26.3 Å². The first-order valence-corrected chi connectivity index (χ1v) is 8.28. The molecule has 0 spiro atoms. The molecular formula is C17H20ClF3N4. The molecule has 1 rings (SSSR count). The van der Waals surface area contributed by atoms with E-state index in [0.29, 0.717) is 18.7 Å². The summed E-state index contributed by atoms with van der Waals surface area (Å²) in [6, 6.07) is 3.73. The molecular weight excluding hydrogens is 353 g/mol. The zero-order chi connectivity index (χ0) is 18.9. The van der Waals surface area contributed by atoms with E-state index < -0.39 is 11.9 Å². The van der Waals surface area contributed by atoms with Crippen molar-refractivity contribution >= 4 is 30.2 Å². The Labute approximate surface area is 150 Å². The number of halogens is 4. The number of pyridine rings is 1. The molecule has 0 aliphatic carbocycles. The summed E-state index contributed by atoms with van der Waals surface area (Å²) in [4.78, 5) is 15.8. The molecule has 0 aliphatic rings. The van der Waals surface area contributed by atoms with Crippen molar-refractivity contribution in [2.24, 2.45) is 15.0 Å². The van der Waals surface area contributed by atoms with Crippen molar-refractivity contribution in [1.82, 2.24) is 4.98 Å². The SMILES string of the molecule is C=NC(/N=C/c1cccc(C(F)(F)F)n1)=C(CC)\C(CCC)=N/CCl. The van der Waals surface area contributed by atoms with Crippen LogP contribution in [0.1, 0.15) is 44.5 Å². The van der Waals surface area contributed by atoms with Crippen LogP contribution in [0.5, 0.6) is 0 Å². The van der Waals surface area contributed by atoms with Crippen molar-refractivity contribution in [2.75, 3.05) is 6.00 Å². The van der Waals surface area contributed by atoms with E-state index in [2.05, 4.69) is 26.7 Å². The first-order chi connectivity index (χ1) is 11.9. The summed E-state index contributed by atoms with van der Waals surface area (Å²) in [6.07, 6.45) is -1.11. The van der Waals surface area contributed by atoms with Gasteiger partial charge in [-0.3, -0.25) is 4.99 Å². The Bertz CT molecular complexity index is 679. The van der Waals surface area contributed by atoms with Gasteiger partial charge in [-0.15, -0.1) is 11.6 Å². The summed E-state index contributed by atoms with van der Waals surface area (Å²) < 4.78 is 38.2. The average molecular weight is 373 g/mol. The Morgan fingerprint density at radius 2 is 2.04 bits per heavy atom. The summed E-state index contributed by atoms with van der Waals surface area (Å²) in [7, 11) is 0. The van der Waals surface area contributed by atoms with Crippen LogP contribution in [0, 0.1) is 0 Å². The lowest BCUT2D eigenvalue weighted by atomic mass is 10.0. The van der Waals surface area contributed by atoms with Crippen molar-refractivity contribution in [2.45, 2.75) is 39.3 Å². The molecule has 4 nitrogen and oxygen atoms in total. The van der Waals surface area contributed by atoms with Crippen LogP contribution in [0.3, 0.4) is 0 Å². The molecule has 0 atom stereocenters. The van der Waals surface area contributed by atoms with Crippen LogP contribution in [-0.2, 0) is 6.18 Å². The van der Waals surface area contributed by atoms with E-state index in [9.17, 15) is 13.2 Å². The number of nitrogens with zero attached hydrogens (tertiary/aromatic N) is 4. The second kappa shape index (κ2) is 10.1. The summed E-state index contributed by atoms with van der Waals surface area (Å²) in [5, 5.41) is 0. The van der Waals surface area contributed by atoms with E-state index in [4.69, 9.17) is 11.6 Å². The highest BCUT2D eigenvalue weighted by molar-refractivity contribution is 6.18. The molecule has 0 saturated carbocycles. The number of hydrogen-bond donors (Lipinski definition) is 0. The van der Waals surface area contributed by atoms with Gasteiger partial charge >= 0.3 is 6.18 Å². The third kappa shape index (κ3) is 6.42. The number of alkyl halides is 4. The third-order valence-electron chi connectivity index (χ3n) is 3.24. The van der Waals surface area contributed by atoms with E-state index >= 15 is 0 Å². The lowest BCUT2D eigenvalue weighted by Crippen LogP contribution is -2.09. The maximum atomic E-state index is 12.7. The normalized spacial score (nSPS) is 13.9. The fourth-order valence-electron chi connectivity index (χ4n) is 2.15. The number of hydrogen-bond acceptors (Lipinski definition) is 4. The fourth-order valence-corrected chi connectivity index (χ4v) is 2.29. The molecule has 1 aromatic heterocycles. The van der Waals surface area contributed by atoms with Gasteiger partial charge in [0.25, 0.3) is 0 Å². The van der Waals surface area contributed by atoms with Gasteiger partial charge in [0.2, 0.25) is 0 Å². The molecule has 0 N–H and O–H groups in total. The predicted octanol–water partition coefficient (Wildman–Crippen LogP) is 5.28. The zero-order valence-electron chi connectivity index (χ0n) is 14.1. The van der Waals surface area contributed by atoms with Crippen LogP contribution in [-0.4, -0.2) is 29.6 Å². The van der Waals surface area contributed by atoms with Gasteiger partial charge in [-0.25, -0.2) is 15.0 Å². The van der Waals surface area contributed by atoms with Gasteiger partial charge in [-0.2, -0.15) is 13.2 Å². The molecule has 0 fully saturated rings. The van der Waals surface area contributed by atoms with Gasteiger partial charge in [0, 0.05) is 11.3 Å². The van der Waals surface area contributed by atoms with Crippen LogP contribution < -0.4 is 0 Å². The van der Waals surface area contributed by atoms with Crippen LogP contribution in [0.2, 0.25) is 0 Å². The molecule has 1 aromatic rings. The molecule has 136 valence electrons. The fraction of sp³-hybridized carbons (Fsp3) is 0.412. The Morgan fingerprint density at radius 1 is 1.32 bits per heavy atom. The molecule has 0 aromatic carbocycles. The lowest BCUT2D eigenvalue weighted by Gasteiger charge is -2.10. The quantitative estimate of drug-likeness (QED) is 0.348. The first-order valence-electron chi connectivity index (χ1n) is 7.75. The van der Waals surface area contributed by atoms with Crippen LogP contribution >= 0.6 is 11.6 Å². The summed E-state index contributed by atoms with van der Waals surface area (Å²) in [5.41, 5.74) is 0.648. The molecule has 0 aliphatic heterocycles. The third-order valence-corrected chi connectivity index (χ3v) is 3.36. The van der Waals surface area contributed by atoms with E-state index in [1.165, 1.54) is 18.3 Å². The highest BCUT2D eigenvalue weighted by atomic mass is 35.5. The summed E-state index contributed by atoms with van der Waals surface area (Å²) in [5.74, 6) is 0.305. The minimum Gasteiger partial charge on any atom is -0.273 e.